The Morgan fingerprint density at radius 1 is 1.52 bits per heavy atom. The Morgan fingerprint density at radius 2 is 2.20 bits per heavy atom. The minimum atomic E-state index is -4.79. The number of alkyl halides is 3. The summed E-state index contributed by atoms with van der Waals surface area (Å²) < 4.78 is 60.0. The topological polar surface area (TPSA) is 110 Å². The zero-order valence-electron chi connectivity index (χ0n) is 12.6. The van der Waals surface area contributed by atoms with E-state index in [0.29, 0.717) is 0 Å². The lowest BCUT2D eigenvalue weighted by Crippen LogP contribution is -2.38. The third kappa shape index (κ3) is 4.75. The Balaban J connectivity index is 2.42. The standard InChI is InChI=1S/C12H14ClF4N5O3/c13-6-5-7-10(8(9(6)14)11(18)20-22(19)23)21(1-3-24-7)2-4-25-12(15,16)17/h5,23H,1-4,19H2,(H2,18,20). The average molecular weight is 388 g/mol. The number of halogens is 5. The SMILES string of the molecule is N/C(=N\N(N)O)c1c(F)c(Cl)cc2c1N(CCOC(F)(F)F)CCO2. The lowest BCUT2D eigenvalue weighted by Gasteiger charge is -2.33. The summed E-state index contributed by atoms with van der Waals surface area (Å²) in [5, 5.41) is 11.7. The van der Waals surface area contributed by atoms with Crippen molar-refractivity contribution in [3.05, 3.63) is 22.5 Å². The first kappa shape index (κ1) is 19.3. The number of hydrogen-bond acceptors (Lipinski definition) is 7. The Bertz CT molecular complexity index is 671. The van der Waals surface area contributed by atoms with Crippen LogP contribution in [0.15, 0.2) is 11.2 Å². The monoisotopic (exact) mass is 387 g/mol. The van der Waals surface area contributed by atoms with E-state index in [-0.39, 0.29) is 47.0 Å². The highest BCUT2D eigenvalue weighted by Crippen LogP contribution is 2.40. The van der Waals surface area contributed by atoms with Gasteiger partial charge in [-0.2, -0.15) is 0 Å². The second-order valence-electron chi connectivity index (χ2n) is 4.83. The number of nitrogens with two attached hydrogens (primary N) is 2. The van der Waals surface area contributed by atoms with Crippen molar-refractivity contribution in [2.24, 2.45) is 16.7 Å². The molecule has 0 saturated heterocycles. The molecular weight excluding hydrogens is 374 g/mol. The van der Waals surface area contributed by atoms with Gasteiger partial charge in [-0.25, -0.2) is 10.2 Å². The maximum absolute atomic E-state index is 14.4. The number of hydrazone groups is 1. The smallest absolute Gasteiger partial charge is 0.489 e. The van der Waals surface area contributed by atoms with Gasteiger partial charge in [-0.1, -0.05) is 16.9 Å². The van der Waals surface area contributed by atoms with Gasteiger partial charge in [0.15, 0.2) is 11.7 Å². The molecule has 140 valence electrons. The normalized spacial score (nSPS) is 15.0. The molecule has 8 nitrogen and oxygen atoms in total. The molecule has 5 N–H and O–H groups in total. The molecule has 25 heavy (non-hydrogen) atoms. The van der Waals surface area contributed by atoms with Gasteiger partial charge in [0.2, 0.25) is 0 Å². The highest BCUT2D eigenvalue weighted by Gasteiger charge is 2.31. The van der Waals surface area contributed by atoms with Crippen molar-refractivity contribution in [3.63, 3.8) is 0 Å². The largest absolute Gasteiger partial charge is 0.522 e. The molecule has 0 fully saturated rings. The Morgan fingerprint density at radius 3 is 2.80 bits per heavy atom. The molecule has 1 heterocycles. The lowest BCUT2D eigenvalue weighted by molar-refractivity contribution is -0.323. The Kier molecular flexibility index (Phi) is 5.77. The van der Waals surface area contributed by atoms with E-state index >= 15 is 0 Å². The molecule has 0 unspecified atom stereocenters. The first-order valence-corrected chi connectivity index (χ1v) is 7.16. The highest BCUT2D eigenvalue weighted by atomic mass is 35.5. The van der Waals surface area contributed by atoms with Crippen LogP contribution in [0.3, 0.4) is 0 Å². The van der Waals surface area contributed by atoms with Gasteiger partial charge in [0.05, 0.1) is 29.4 Å². The zero-order valence-corrected chi connectivity index (χ0v) is 13.3. The third-order valence-corrected chi connectivity index (χ3v) is 3.46. The molecule has 0 amide bonds. The van der Waals surface area contributed by atoms with Gasteiger partial charge < -0.3 is 15.4 Å². The van der Waals surface area contributed by atoms with Crippen LogP contribution in [0.2, 0.25) is 5.02 Å². The summed E-state index contributed by atoms with van der Waals surface area (Å²) in [6.45, 7) is -0.670. The van der Waals surface area contributed by atoms with Crippen LogP contribution in [0, 0.1) is 5.82 Å². The molecule has 2 rings (SSSR count). The van der Waals surface area contributed by atoms with Gasteiger partial charge in [0.25, 0.3) is 0 Å². The molecule has 1 aromatic rings. The molecule has 1 aliphatic heterocycles. The van der Waals surface area contributed by atoms with Gasteiger partial charge >= 0.3 is 6.36 Å². The van der Waals surface area contributed by atoms with Crippen molar-refractivity contribution in [3.8, 4) is 5.75 Å². The molecule has 0 radical (unpaired) electrons. The van der Waals surface area contributed by atoms with Gasteiger partial charge in [-0.05, 0) is 0 Å². The van der Waals surface area contributed by atoms with Gasteiger partial charge in [-0.3, -0.25) is 9.94 Å². The van der Waals surface area contributed by atoms with Crippen molar-refractivity contribution in [2.45, 2.75) is 6.36 Å². The van der Waals surface area contributed by atoms with Crippen molar-refractivity contribution >= 4 is 23.1 Å². The molecule has 0 aliphatic carbocycles. The predicted molar refractivity (Wildman–Crippen MR) is 79.7 cm³/mol. The number of hydrogen-bond donors (Lipinski definition) is 3. The van der Waals surface area contributed by atoms with E-state index in [1.165, 1.54) is 11.0 Å². The van der Waals surface area contributed by atoms with Crippen LogP contribution in [0.25, 0.3) is 0 Å². The first-order chi connectivity index (χ1) is 11.6. The van der Waals surface area contributed by atoms with E-state index in [1.807, 2.05) is 0 Å². The maximum atomic E-state index is 14.4. The summed E-state index contributed by atoms with van der Waals surface area (Å²) in [5.74, 6) is 3.49. The van der Waals surface area contributed by atoms with E-state index in [2.05, 4.69) is 9.84 Å². The minimum absolute atomic E-state index is 0.0297. The average Bonchev–Trinajstić information content (AvgIpc) is 2.46. The Labute approximate surface area is 144 Å². The van der Waals surface area contributed by atoms with Crippen LogP contribution in [0.5, 0.6) is 5.75 Å². The number of amidine groups is 1. The van der Waals surface area contributed by atoms with Crippen LogP contribution in [-0.2, 0) is 4.74 Å². The van der Waals surface area contributed by atoms with E-state index in [9.17, 15) is 17.6 Å². The molecular formula is C12H14ClF4N5O3. The zero-order chi connectivity index (χ0) is 18.8. The summed E-state index contributed by atoms with van der Waals surface area (Å²) in [5.41, 5.74) is 5.29. The number of rotatable bonds is 5. The van der Waals surface area contributed by atoms with Gasteiger partial charge in [-0.15, -0.1) is 18.3 Å². The molecule has 0 saturated carbocycles. The van der Waals surface area contributed by atoms with Crippen molar-refractivity contribution in [1.29, 1.82) is 0 Å². The molecule has 1 aliphatic rings. The number of hydrazine groups is 1. The summed E-state index contributed by atoms with van der Waals surface area (Å²) in [7, 11) is 0. The molecule has 0 bridgehead atoms. The second-order valence-corrected chi connectivity index (χ2v) is 5.24. The lowest BCUT2D eigenvalue weighted by atomic mass is 10.1. The fraction of sp³-hybridized carbons (Fsp3) is 0.417. The fourth-order valence-electron chi connectivity index (χ4n) is 2.28. The Hall–Kier alpha value is -2.02. The minimum Gasteiger partial charge on any atom is -0.489 e. The number of nitrogens with zero attached hydrogens (tertiary/aromatic N) is 3. The van der Waals surface area contributed by atoms with Crippen LogP contribution < -0.4 is 21.2 Å². The van der Waals surface area contributed by atoms with Gasteiger partial charge in [0, 0.05) is 12.6 Å². The third-order valence-electron chi connectivity index (χ3n) is 3.19. The highest BCUT2D eigenvalue weighted by molar-refractivity contribution is 6.31. The molecule has 0 spiro atoms. The van der Waals surface area contributed by atoms with Crippen LogP contribution in [0.1, 0.15) is 5.56 Å². The molecule has 13 heteroatoms. The molecule has 0 atom stereocenters. The summed E-state index contributed by atoms with van der Waals surface area (Å²) in [6, 6.07) is 1.17. The summed E-state index contributed by atoms with van der Waals surface area (Å²) in [6.07, 6.45) is -4.79. The van der Waals surface area contributed by atoms with Crippen molar-refractivity contribution in [1.82, 2.24) is 5.28 Å². The van der Waals surface area contributed by atoms with Crippen LogP contribution >= 0.6 is 11.6 Å². The van der Waals surface area contributed by atoms with E-state index in [1.54, 1.807) is 0 Å². The van der Waals surface area contributed by atoms with Crippen molar-refractivity contribution < 1.29 is 32.2 Å². The first-order valence-electron chi connectivity index (χ1n) is 6.78. The fourth-order valence-corrected chi connectivity index (χ4v) is 2.48. The van der Waals surface area contributed by atoms with E-state index in [4.69, 9.17) is 33.1 Å². The maximum Gasteiger partial charge on any atom is 0.522 e. The second kappa shape index (κ2) is 7.47. The van der Waals surface area contributed by atoms with E-state index in [0.717, 1.165) is 0 Å². The van der Waals surface area contributed by atoms with Crippen molar-refractivity contribution in [2.75, 3.05) is 31.2 Å². The number of benzene rings is 1. The van der Waals surface area contributed by atoms with E-state index < -0.39 is 24.6 Å². The number of anilines is 1. The van der Waals surface area contributed by atoms with Crippen LogP contribution in [-0.4, -0.2) is 49.0 Å². The molecule has 1 aromatic carbocycles. The predicted octanol–water partition coefficient (Wildman–Crippen LogP) is 1.40. The van der Waals surface area contributed by atoms with Gasteiger partial charge in [0.1, 0.15) is 12.4 Å². The van der Waals surface area contributed by atoms with Crippen LogP contribution in [0.4, 0.5) is 23.2 Å². The molecule has 0 aromatic heterocycles. The summed E-state index contributed by atoms with van der Waals surface area (Å²) in [4.78, 5) is 1.37. The quantitative estimate of drug-likeness (QED) is 0.230. The number of ether oxygens (including phenoxy) is 2. The summed E-state index contributed by atoms with van der Waals surface area (Å²) >= 11 is 5.78. The number of fused-ring (bicyclic) bond motifs is 1.